The standard InChI is InChI=1S/C12H15FN2O4S/c1-12(2,10(14)11(16)17)20-6-7-3-8(13)5-9(4-7)15(18)19/h3-5,10H,6,14H2,1-2H3,(H,16,17)/t10-/m1/s1. The van der Waals surface area contributed by atoms with E-state index in [1.54, 1.807) is 13.8 Å². The number of halogens is 1. The number of non-ortho nitro benzene ring substituents is 1. The van der Waals surface area contributed by atoms with E-state index >= 15 is 0 Å². The van der Waals surface area contributed by atoms with E-state index in [4.69, 9.17) is 10.8 Å². The smallest absolute Gasteiger partial charge is 0.321 e. The summed E-state index contributed by atoms with van der Waals surface area (Å²) in [6.07, 6.45) is 0. The number of aliphatic carboxylic acids is 1. The van der Waals surface area contributed by atoms with Gasteiger partial charge in [-0.05, 0) is 25.5 Å². The summed E-state index contributed by atoms with van der Waals surface area (Å²) in [5.74, 6) is -1.60. The average molecular weight is 302 g/mol. The molecule has 1 rings (SSSR count). The molecule has 6 nitrogen and oxygen atoms in total. The number of nitro benzene ring substituents is 1. The fourth-order valence-electron chi connectivity index (χ4n) is 1.48. The normalized spacial score (nSPS) is 13.0. The SMILES string of the molecule is CC(C)(SCc1cc(F)cc([N+](=O)[O-])c1)[C@H](N)C(=O)O. The van der Waals surface area contributed by atoms with Crippen LogP contribution in [0.3, 0.4) is 0 Å². The lowest BCUT2D eigenvalue weighted by Gasteiger charge is -2.27. The van der Waals surface area contributed by atoms with Gasteiger partial charge in [-0.2, -0.15) is 0 Å². The molecule has 0 heterocycles. The second kappa shape index (κ2) is 6.19. The summed E-state index contributed by atoms with van der Waals surface area (Å²) in [5.41, 5.74) is 5.64. The molecule has 0 unspecified atom stereocenters. The number of carboxylic acid groups (broad SMARTS) is 1. The average Bonchev–Trinajstić information content (AvgIpc) is 2.34. The Morgan fingerprint density at radius 3 is 2.65 bits per heavy atom. The molecule has 0 aliphatic rings. The van der Waals surface area contributed by atoms with Crippen molar-refractivity contribution in [2.45, 2.75) is 30.4 Å². The van der Waals surface area contributed by atoms with Crippen LogP contribution in [0.2, 0.25) is 0 Å². The highest BCUT2D eigenvalue weighted by Gasteiger charge is 2.32. The van der Waals surface area contributed by atoms with Gasteiger partial charge >= 0.3 is 5.97 Å². The van der Waals surface area contributed by atoms with E-state index in [0.717, 1.165) is 6.07 Å². The Morgan fingerprint density at radius 1 is 1.55 bits per heavy atom. The summed E-state index contributed by atoms with van der Waals surface area (Å²) in [6.45, 7) is 3.31. The van der Waals surface area contributed by atoms with E-state index in [0.29, 0.717) is 5.56 Å². The lowest BCUT2D eigenvalue weighted by molar-refractivity contribution is -0.385. The minimum atomic E-state index is -1.13. The predicted molar refractivity (Wildman–Crippen MR) is 74.0 cm³/mol. The van der Waals surface area contributed by atoms with E-state index in [9.17, 15) is 19.3 Å². The van der Waals surface area contributed by atoms with Gasteiger partial charge in [-0.1, -0.05) is 0 Å². The molecule has 0 radical (unpaired) electrons. The predicted octanol–water partition coefficient (Wildman–Crippen LogP) is 2.16. The number of hydrogen-bond donors (Lipinski definition) is 2. The van der Waals surface area contributed by atoms with Crippen molar-refractivity contribution in [1.82, 2.24) is 0 Å². The van der Waals surface area contributed by atoms with Gasteiger partial charge in [-0.15, -0.1) is 11.8 Å². The Hall–Kier alpha value is -1.67. The first-order valence-corrected chi connectivity index (χ1v) is 6.68. The minimum Gasteiger partial charge on any atom is -0.480 e. The number of rotatable bonds is 6. The van der Waals surface area contributed by atoms with Crippen LogP contribution in [-0.2, 0) is 10.5 Å². The molecule has 0 spiro atoms. The first-order valence-electron chi connectivity index (χ1n) is 5.69. The molecule has 0 aliphatic carbocycles. The summed E-state index contributed by atoms with van der Waals surface area (Å²) in [4.78, 5) is 20.8. The fraction of sp³-hybridized carbons (Fsp3) is 0.417. The second-order valence-corrected chi connectivity index (χ2v) is 6.41. The maximum atomic E-state index is 13.3. The third-order valence-electron chi connectivity index (χ3n) is 2.78. The molecule has 110 valence electrons. The topological polar surface area (TPSA) is 106 Å². The van der Waals surface area contributed by atoms with Crippen LogP contribution in [0.4, 0.5) is 10.1 Å². The molecule has 0 fully saturated rings. The maximum absolute atomic E-state index is 13.3. The van der Waals surface area contributed by atoms with Gasteiger partial charge in [0.25, 0.3) is 5.69 Å². The number of carboxylic acids is 1. The summed E-state index contributed by atoms with van der Waals surface area (Å²) in [7, 11) is 0. The van der Waals surface area contributed by atoms with E-state index in [1.807, 2.05) is 0 Å². The number of nitrogens with two attached hydrogens (primary N) is 1. The molecule has 0 bridgehead atoms. The largest absolute Gasteiger partial charge is 0.480 e. The van der Waals surface area contributed by atoms with Gasteiger partial charge < -0.3 is 10.8 Å². The summed E-state index contributed by atoms with van der Waals surface area (Å²) >= 11 is 1.20. The van der Waals surface area contributed by atoms with Crippen LogP contribution < -0.4 is 5.73 Å². The minimum absolute atomic E-state index is 0.229. The number of carbonyl (C=O) groups is 1. The molecule has 8 heteroatoms. The second-order valence-electron chi connectivity index (χ2n) is 4.78. The first kappa shape index (κ1) is 16.4. The van der Waals surface area contributed by atoms with Crippen LogP contribution >= 0.6 is 11.8 Å². The Labute approximate surface area is 119 Å². The molecule has 0 aromatic heterocycles. The van der Waals surface area contributed by atoms with Gasteiger partial charge in [-0.25, -0.2) is 4.39 Å². The lowest BCUT2D eigenvalue weighted by atomic mass is 10.1. The van der Waals surface area contributed by atoms with Gasteiger partial charge in [0, 0.05) is 16.6 Å². The highest BCUT2D eigenvalue weighted by molar-refractivity contribution is 7.99. The molecule has 0 aliphatic heterocycles. The van der Waals surface area contributed by atoms with Crippen LogP contribution in [0.25, 0.3) is 0 Å². The zero-order valence-electron chi connectivity index (χ0n) is 11.0. The Bertz CT molecular complexity index is 536. The number of thioether (sulfide) groups is 1. The van der Waals surface area contributed by atoms with Gasteiger partial charge in [-0.3, -0.25) is 14.9 Å². The van der Waals surface area contributed by atoms with Gasteiger partial charge in [0.1, 0.15) is 11.9 Å². The fourth-order valence-corrected chi connectivity index (χ4v) is 2.46. The van der Waals surface area contributed by atoms with Crippen LogP contribution in [0.15, 0.2) is 18.2 Å². The zero-order chi connectivity index (χ0) is 15.5. The Morgan fingerprint density at radius 2 is 2.15 bits per heavy atom. The van der Waals surface area contributed by atoms with Crippen molar-refractivity contribution in [3.05, 3.63) is 39.7 Å². The zero-order valence-corrected chi connectivity index (χ0v) is 11.8. The van der Waals surface area contributed by atoms with Crippen molar-refractivity contribution < 1.29 is 19.2 Å². The summed E-state index contributed by atoms with van der Waals surface area (Å²) in [6, 6.07) is 2.19. The quantitative estimate of drug-likeness (QED) is 0.616. The molecule has 0 amide bonds. The van der Waals surface area contributed by atoms with Crippen molar-refractivity contribution >= 4 is 23.4 Å². The van der Waals surface area contributed by atoms with Crippen molar-refractivity contribution in [1.29, 1.82) is 0 Å². The van der Waals surface area contributed by atoms with Crippen molar-refractivity contribution in [2.75, 3.05) is 0 Å². The monoisotopic (exact) mass is 302 g/mol. The summed E-state index contributed by atoms with van der Waals surface area (Å²) in [5, 5.41) is 19.5. The molecule has 1 aromatic rings. The van der Waals surface area contributed by atoms with E-state index in [2.05, 4.69) is 0 Å². The third-order valence-corrected chi connectivity index (χ3v) is 4.25. The van der Waals surface area contributed by atoms with Crippen molar-refractivity contribution in [3.8, 4) is 0 Å². The maximum Gasteiger partial charge on any atom is 0.321 e. The van der Waals surface area contributed by atoms with Crippen molar-refractivity contribution in [3.63, 3.8) is 0 Å². The first-order chi connectivity index (χ1) is 9.13. The number of benzene rings is 1. The third kappa shape index (κ3) is 4.17. The van der Waals surface area contributed by atoms with E-state index in [1.165, 1.54) is 23.9 Å². The van der Waals surface area contributed by atoms with E-state index < -0.39 is 27.5 Å². The van der Waals surface area contributed by atoms with Crippen LogP contribution in [0.5, 0.6) is 0 Å². The van der Waals surface area contributed by atoms with Crippen LogP contribution in [0, 0.1) is 15.9 Å². The molecule has 1 atom stereocenters. The van der Waals surface area contributed by atoms with Gasteiger partial charge in [0.15, 0.2) is 0 Å². The number of nitrogens with zero attached hydrogens (tertiary/aromatic N) is 1. The molecule has 20 heavy (non-hydrogen) atoms. The number of hydrogen-bond acceptors (Lipinski definition) is 5. The number of nitro groups is 1. The molecule has 0 saturated heterocycles. The molecule has 0 saturated carbocycles. The lowest BCUT2D eigenvalue weighted by Crippen LogP contribution is -2.46. The molecular formula is C12H15FN2O4S. The van der Waals surface area contributed by atoms with E-state index in [-0.39, 0.29) is 11.4 Å². The summed E-state index contributed by atoms with van der Waals surface area (Å²) < 4.78 is 12.5. The molecular weight excluding hydrogens is 287 g/mol. The van der Waals surface area contributed by atoms with Crippen molar-refractivity contribution in [2.24, 2.45) is 5.73 Å². The highest BCUT2D eigenvalue weighted by atomic mass is 32.2. The van der Waals surface area contributed by atoms with Gasteiger partial charge in [0.2, 0.25) is 0 Å². The molecule has 1 aromatic carbocycles. The highest BCUT2D eigenvalue weighted by Crippen LogP contribution is 2.31. The van der Waals surface area contributed by atoms with Crippen LogP contribution in [-0.4, -0.2) is 26.8 Å². The molecule has 3 N–H and O–H groups in total. The van der Waals surface area contributed by atoms with Crippen LogP contribution in [0.1, 0.15) is 19.4 Å². The Balaban J connectivity index is 2.84. The Kier molecular flexibility index (Phi) is 5.07. The van der Waals surface area contributed by atoms with Gasteiger partial charge in [0.05, 0.1) is 11.0 Å².